The number of benzene rings is 2. The van der Waals surface area contributed by atoms with E-state index < -0.39 is 0 Å². The summed E-state index contributed by atoms with van der Waals surface area (Å²) in [5, 5.41) is 6.01. The van der Waals surface area contributed by atoms with Gasteiger partial charge in [-0.15, -0.1) is 0 Å². The number of carbonyl (C=O) groups excluding carboxylic acids is 1. The van der Waals surface area contributed by atoms with E-state index in [-0.39, 0.29) is 6.03 Å². The fraction of sp³-hybridized carbons (Fsp3) is 0.188. The highest BCUT2D eigenvalue weighted by Crippen LogP contribution is 2.24. The van der Waals surface area contributed by atoms with Gasteiger partial charge in [-0.1, -0.05) is 35.9 Å². The molecule has 0 spiro atoms. The summed E-state index contributed by atoms with van der Waals surface area (Å²) < 4.78 is 5.54. The van der Waals surface area contributed by atoms with Gasteiger partial charge >= 0.3 is 6.03 Å². The molecule has 0 saturated carbocycles. The molecule has 2 aromatic rings. The van der Waals surface area contributed by atoms with Crippen LogP contribution in [-0.4, -0.2) is 19.2 Å². The lowest BCUT2D eigenvalue weighted by Gasteiger charge is -2.10. The lowest BCUT2D eigenvalue weighted by Crippen LogP contribution is -2.32. The molecule has 2 rings (SSSR count). The molecule has 0 aliphatic carbocycles. The zero-order valence-electron chi connectivity index (χ0n) is 11.7. The Hall–Kier alpha value is -2.20. The molecule has 0 heterocycles. The quantitative estimate of drug-likeness (QED) is 0.824. The molecule has 0 atom stereocenters. The van der Waals surface area contributed by atoms with Crippen molar-refractivity contribution in [1.29, 1.82) is 0 Å². The first kappa shape index (κ1) is 15.2. The molecule has 0 saturated heterocycles. The van der Waals surface area contributed by atoms with Crippen LogP contribution in [0.3, 0.4) is 0 Å². The summed E-state index contributed by atoms with van der Waals surface area (Å²) in [6.07, 6.45) is 0. The van der Waals surface area contributed by atoms with Crippen LogP contribution in [0.1, 0.15) is 5.56 Å². The van der Waals surface area contributed by atoms with Crippen LogP contribution >= 0.6 is 11.6 Å². The second-order valence-corrected chi connectivity index (χ2v) is 4.94. The Bertz CT molecular complexity index is 602. The monoisotopic (exact) mass is 304 g/mol. The van der Waals surface area contributed by atoms with Crippen molar-refractivity contribution in [3.63, 3.8) is 0 Å². The third-order valence-electron chi connectivity index (χ3n) is 2.76. The van der Waals surface area contributed by atoms with Gasteiger partial charge in [0, 0.05) is 5.69 Å². The van der Waals surface area contributed by atoms with Gasteiger partial charge in [-0.05, 0) is 36.8 Å². The molecule has 4 nitrogen and oxygen atoms in total. The minimum Gasteiger partial charge on any atom is -0.490 e. The first-order valence-electron chi connectivity index (χ1n) is 6.64. The van der Waals surface area contributed by atoms with E-state index in [1.807, 2.05) is 49.4 Å². The molecule has 0 aliphatic heterocycles. The summed E-state index contributed by atoms with van der Waals surface area (Å²) in [7, 11) is 0. The molecule has 21 heavy (non-hydrogen) atoms. The van der Waals surface area contributed by atoms with Gasteiger partial charge in [0.25, 0.3) is 0 Å². The fourth-order valence-corrected chi connectivity index (χ4v) is 1.92. The number of aryl methyl sites for hydroxylation is 1. The molecular formula is C16H17ClN2O2. The lowest BCUT2D eigenvalue weighted by molar-refractivity contribution is 0.247. The van der Waals surface area contributed by atoms with Crippen molar-refractivity contribution in [2.75, 3.05) is 18.5 Å². The van der Waals surface area contributed by atoms with Crippen LogP contribution < -0.4 is 15.4 Å². The van der Waals surface area contributed by atoms with Gasteiger partial charge in [0.1, 0.15) is 12.4 Å². The Labute approximate surface area is 129 Å². The lowest BCUT2D eigenvalue weighted by atomic mass is 10.2. The van der Waals surface area contributed by atoms with Crippen LogP contribution in [0.4, 0.5) is 10.5 Å². The van der Waals surface area contributed by atoms with E-state index in [4.69, 9.17) is 16.3 Å². The Morgan fingerprint density at radius 3 is 2.71 bits per heavy atom. The Morgan fingerprint density at radius 2 is 1.95 bits per heavy atom. The maximum atomic E-state index is 11.6. The number of hydrogen-bond donors (Lipinski definition) is 2. The fourth-order valence-electron chi connectivity index (χ4n) is 1.74. The van der Waals surface area contributed by atoms with Crippen LogP contribution in [0, 0.1) is 6.92 Å². The van der Waals surface area contributed by atoms with E-state index in [0.29, 0.717) is 23.9 Å². The Kier molecular flexibility index (Phi) is 5.46. The van der Waals surface area contributed by atoms with Gasteiger partial charge in [0.05, 0.1) is 11.6 Å². The average molecular weight is 305 g/mol. The molecular weight excluding hydrogens is 288 g/mol. The van der Waals surface area contributed by atoms with Crippen molar-refractivity contribution < 1.29 is 9.53 Å². The molecule has 0 unspecified atom stereocenters. The molecule has 0 radical (unpaired) electrons. The van der Waals surface area contributed by atoms with Crippen molar-refractivity contribution in [2.24, 2.45) is 0 Å². The minimum atomic E-state index is -0.264. The zero-order chi connectivity index (χ0) is 15.1. The molecule has 0 aliphatic rings. The highest BCUT2D eigenvalue weighted by molar-refractivity contribution is 6.32. The Morgan fingerprint density at radius 1 is 1.19 bits per heavy atom. The van der Waals surface area contributed by atoms with Gasteiger partial charge in [0.2, 0.25) is 0 Å². The maximum absolute atomic E-state index is 11.6. The number of rotatable bonds is 5. The normalized spacial score (nSPS) is 10.0. The van der Waals surface area contributed by atoms with E-state index in [1.54, 1.807) is 6.07 Å². The molecule has 2 aromatic carbocycles. The summed E-state index contributed by atoms with van der Waals surface area (Å²) >= 11 is 6.02. The number of carbonyl (C=O) groups is 1. The van der Waals surface area contributed by atoms with Gasteiger partial charge in [-0.2, -0.15) is 0 Å². The molecule has 110 valence electrons. The van der Waals surface area contributed by atoms with Crippen LogP contribution in [0.2, 0.25) is 5.02 Å². The van der Waals surface area contributed by atoms with Gasteiger partial charge < -0.3 is 15.4 Å². The summed E-state index contributed by atoms with van der Waals surface area (Å²) in [4.78, 5) is 11.6. The number of ether oxygens (including phenoxy) is 1. The number of halogens is 1. The molecule has 5 heteroatoms. The SMILES string of the molecule is Cc1ccc(Cl)c(OCCNC(=O)Nc2ccccc2)c1. The average Bonchev–Trinajstić information content (AvgIpc) is 2.48. The third kappa shape index (κ3) is 5.00. The zero-order valence-corrected chi connectivity index (χ0v) is 12.5. The predicted molar refractivity (Wildman–Crippen MR) is 85.1 cm³/mol. The number of hydrogen-bond acceptors (Lipinski definition) is 2. The highest BCUT2D eigenvalue weighted by atomic mass is 35.5. The van der Waals surface area contributed by atoms with Gasteiger partial charge in [-0.25, -0.2) is 4.79 Å². The van der Waals surface area contributed by atoms with Crippen molar-refractivity contribution in [2.45, 2.75) is 6.92 Å². The first-order valence-corrected chi connectivity index (χ1v) is 7.02. The summed E-state index contributed by atoms with van der Waals surface area (Å²) in [6.45, 7) is 2.71. The molecule has 0 fully saturated rings. The molecule has 0 aromatic heterocycles. The second kappa shape index (κ2) is 7.55. The number of para-hydroxylation sites is 1. The first-order chi connectivity index (χ1) is 10.1. The van der Waals surface area contributed by atoms with Gasteiger partial charge in [0.15, 0.2) is 0 Å². The third-order valence-corrected chi connectivity index (χ3v) is 3.08. The van der Waals surface area contributed by atoms with E-state index in [1.165, 1.54) is 0 Å². The molecule has 2 amide bonds. The van der Waals surface area contributed by atoms with E-state index in [2.05, 4.69) is 10.6 Å². The summed E-state index contributed by atoms with van der Waals surface area (Å²) in [6, 6.07) is 14.6. The second-order valence-electron chi connectivity index (χ2n) is 4.53. The molecule has 2 N–H and O–H groups in total. The van der Waals surface area contributed by atoms with Crippen LogP contribution in [-0.2, 0) is 0 Å². The summed E-state index contributed by atoms with van der Waals surface area (Å²) in [5.41, 5.74) is 1.82. The minimum absolute atomic E-state index is 0.264. The summed E-state index contributed by atoms with van der Waals surface area (Å²) in [5.74, 6) is 0.627. The van der Waals surface area contributed by atoms with Gasteiger partial charge in [-0.3, -0.25) is 0 Å². The van der Waals surface area contributed by atoms with E-state index in [0.717, 1.165) is 11.3 Å². The van der Waals surface area contributed by atoms with Crippen molar-refractivity contribution in [1.82, 2.24) is 5.32 Å². The van der Waals surface area contributed by atoms with Crippen molar-refractivity contribution in [3.05, 3.63) is 59.1 Å². The highest BCUT2D eigenvalue weighted by Gasteiger charge is 2.03. The van der Waals surface area contributed by atoms with Crippen LogP contribution in [0.25, 0.3) is 0 Å². The standard InChI is InChI=1S/C16H17ClN2O2/c1-12-7-8-14(17)15(11-12)21-10-9-18-16(20)19-13-5-3-2-4-6-13/h2-8,11H,9-10H2,1H3,(H2,18,19,20). The number of urea groups is 1. The number of amides is 2. The van der Waals surface area contributed by atoms with Crippen LogP contribution in [0.5, 0.6) is 5.75 Å². The van der Waals surface area contributed by atoms with E-state index >= 15 is 0 Å². The largest absolute Gasteiger partial charge is 0.490 e. The topological polar surface area (TPSA) is 50.4 Å². The van der Waals surface area contributed by atoms with Crippen molar-refractivity contribution >= 4 is 23.3 Å². The smallest absolute Gasteiger partial charge is 0.319 e. The number of anilines is 1. The Balaban J connectivity index is 1.72. The van der Waals surface area contributed by atoms with Crippen molar-refractivity contribution in [3.8, 4) is 5.75 Å². The van der Waals surface area contributed by atoms with Crippen LogP contribution in [0.15, 0.2) is 48.5 Å². The molecule has 0 bridgehead atoms. The number of nitrogens with one attached hydrogen (secondary N) is 2. The van der Waals surface area contributed by atoms with E-state index in [9.17, 15) is 4.79 Å². The predicted octanol–water partition coefficient (Wildman–Crippen LogP) is 3.85. The maximum Gasteiger partial charge on any atom is 0.319 e.